The van der Waals surface area contributed by atoms with Gasteiger partial charge in [0.05, 0.1) is 11.8 Å². The van der Waals surface area contributed by atoms with Gasteiger partial charge in [0, 0.05) is 0 Å². The Morgan fingerprint density at radius 2 is 2.25 bits per heavy atom. The lowest BCUT2D eigenvalue weighted by atomic mass is 10.3. The van der Waals surface area contributed by atoms with Gasteiger partial charge in [-0.05, 0) is 31.9 Å². The van der Waals surface area contributed by atoms with Crippen molar-refractivity contribution in [2.24, 2.45) is 0 Å². The molecule has 2 N–H and O–H groups in total. The van der Waals surface area contributed by atoms with Crippen LogP contribution < -0.4 is 10.5 Å². The van der Waals surface area contributed by atoms with Gasteiger partial charge in [0.1, 0.15) is 11.6 Å². The maximum absolute atomic E-state index is 5.59. The van der Waals surface area contributed by atoms with Gasteiger partial charge in [0.2, 0.25) is 0 Å². The average Bonchev–Trinajstić information content (AvgIpc) is 2.79. The number of hydrogen-bond acceptors (Lipinski definition) is 3. The molecule has 0 aromatic carbocycles. The van der Waals surface area contributed by atoms with Crippen molar-refractivity contribution in [3.8, 4) is 5.75 Å². The molecule has 0 amide bonds. The van der Waals surface area contributed by atoms with Crippen molar-refractivity contribution in [1.82, 2.24) is 4.98 Å². The molecule has 1 heterocycles. The van der Waals surface area contributed by atoms with Crippen LogP contribution in [-0.2, 0) is 0 Å². The highest BCUT2D eigenvalue weighted by molar-refractivity contribution is 5.37. The first-order valence-corrected chi connectivity index (χ1v) is 4.15. The lowest BCUT2D eigenvalue weighted by Crippen LogP contribution is -2.00. The summed E-state index contributed by atoms with van der Waals surface area (Å²) in [6, 6.07) is 3.65. The average molecular weight is 164 g/mol. The molecule has 0 unspecified atom stereocenters. The molecule has 1 aliphatic rings. The van der Waals surface area contributed by atoms with E-state index in [1.165, 1.54) is 12.8 Å². The van der Waals surface area contributed by atoms with Gasteiger partial charge in [-0.3, -0.25) is 0 Å². The summed E-state index contributed by atoms with van der Waals surface area (Å²) in [4.78, 5) is 4.11. The van der Waals surface area contributed by atoms with Crippen molar-refractivity contribution in [3.05, 3.63) is 17.8 Å². The maximum Gasteiger partial charge on any atom is 0.141 e. The minimum atomic E-state index is 0.425. The van der Waals surface area contributed by atoms with E-state index in [0.717, 1.165) is 11.4 Å². The Bertz CT molecular complexity index is 295. The zero-order valence-electron chi connectivity index (χ0n) is 7.08. The van der Waals surface area contributed by atoms with E-state index in [1.54, 1.807) is 6.07 Å². The Hall–Kier alpha value is -1.25. The van der Waals surface area contributed by atoms with Crippen molar-refractivity contribution in [3.63, 3.8) is 0 Å². The van der Waals surface area contributed by atoms with Crippen LogP contribution >= 0.6 is 0 Å². The fourth-order valence-corrected chi connectivity index (χ4v) is 1.06. The molecule has 12 heavy (non-hydrogen) atoms. The van der Waals surface area contributed by atoms with Crippen molar-refractivity contribution >= 4 is 5.82 Å². The number of nitrogens with two attached hydrogens (primary N) is 1. The molecule has 0 bridgehead atoms. The summed E-state index contributed by atoms with van der Waals surface area (Å²) in [7, 11) is 0. The number of aromatic nitrogens is 1. The summed E-state index contributed by atoms with van der Waals surface area (Å²) in [5, 5.41) is 0. The summed E-state index contributed by atoms with van der Waals surface area (Å²) in [6.07, 6.45) is 2.77. The Morgan fingerprint density at radius 1 is 1.50 bits per heavy atom. The van der Waals surface area contributed by atoms with E-state index in [4.69, 9.17) is 10.5 Å². The smallest absolute Gasteiger partial charge is 0.141 e. The van der Waals surface area contributed by atoms with Crippen LogP contribution in [0.2, 0.25) is 0 Å². The number of ether oxygens (including phenoxy) is 1. The molecule has 2 rings (SSSR count). The number of aryl methyl sites for hydroxylation is 1. The van der Waals surface area contributed by atoms with Gasteiger partial charge < -0.3 is 10.5 Å². The van der Waals surface area contributed by atoms with Crippen molar-refractivity contribution in [2.75, 3.05) is 5.73 Å². The predicted molar refractivity (Wildman–Crippen MR) is 47.0 cm³/mol. The molecular weight excluding hydrogens is 152 g/mol. The minimum absolute atomic E-state index is 0.425. The number of nitrogens with zero attached hydrogens (tertiary/aromatic N) is 1. The fraction of sp³-hybridized carbons (Fsp3) is 0.444. The highest BCUT2D eigenvalue weighted by Gasteiger charge is 2.24. The molecule has 64 valence electrons. The van der Waals surface area contributed by atoms with Crippen LogP contribution in [-0.4, -0.2) is 11.1 Å². The van der Waals surface area contributed by atoms with E-state index in [9.17, 15) is 0 Å². The molecule has 1 aromatic rings. The Morgan fingerprint density at radius 3 is 2.83 bits per heavy atom. The van der Waals surface area contributed by atoms with Gasteiger partial charge in [-0.15, -0.1) is 0 Å². The predicted octanol–water partition coefficient (Wildman–Crippen LogP) is 1.51. The third-order valence-corrected chi connectivity index (χ3v) is 1.88. The summed E-state index contributed by atoms with van der Waals surface area (Å²) in [5.74, 6) is 1.42. The molecule has 1 fully saturated rings. The van der Waals surface area contributed by atoms with Crippen LogP contribution in [0.3, 0.4) is 0 Å². The van der Waals surface area contributed by atoms with Crippen molar-refractivity contribution in [1.29, 1.82) is 0 Å². The summed E-state index contributed by atoms with van der Waals surface area (Å²) >= 11 is 0. The molecule has 0 spiro atoms. The van der Waals surface area contributed by atoms with Gasteiger partial charge in [0.15, 0.2) is 0 Å². The van der Waals surface area contributed by atoms with E-state index in [-0.39, 0.29) is 0 Å². The first-order valence-electron chi connectivity index (χ1n) is 4.15. The van der Waals surface area contributed by atoms with E-state index in [0.29, 0.717) is 11.9 Å². The third-order valence-electron chi connectivity index (χ3n) is 1.88. The van der Waals surface area contributed by atoms with Gasteiger partial charge in [-0.25, -0.2) is 4.98 Å². The standard InChI is InChI=1S/C9H12N2O/c1-6-8(12-7-2-3-7)4-5-9(10)11-6/h4-5,7H,2-3H2,1H3,(H2,10,11). The topological polar surface area (TPSA) is 48.1 Å². The molecule has 1 aliphatic carbocycles. The fourth-order valence-electron chi connectivity index (χ4n) is 1.06. The maximum atomic E-state index is 5.59. The van der Waals surface area contributed by atoms with Crippen LogP contribution in [0.4, 0.5) is 5.82 Å². The molecule has 1 saturated carbocycles. The lowest BCUT2D eigenvalue weighted by molar-refractivity contribution is 0.299. The molecule has 0 aliphatic heterocycles. The second-order valence-corrected chi connectivity index (χ2v) is 3.14. The zero-order valence-corrected chi connectivity index (χ0v) is 7.08. The molecular formula is C9H12N2O. The summed E-state index contributed by atoms with van der Waals surface area (Å²) in [6.45, 7) is 1.91. The highest BCUT2D eigenvalue weighted by Crippen LogP contribution is 2.28. The van der Waals surface area contributed by atoms with Crippen LogP contribution in [0.25, 0.3) is 0 Å². The number of pyridine rings is 1. The lowest BCUT2D eigenvalue weighted by Gasteiger charge is -2.06. The van der Waals surface area contributed by atoms with Crippen LogP contribution in [0.15, 0.2) is 12.1 Å². The molecule has 0 atom stereocenters. The normalized spacial score (nSPS) is 16.1. The minimum Gasteiger partial charge on any atom is -0.489 e. The highest BCUT2D eigenvalue weighted by atomic mass is 16.5. The first kappa shape index (κ1) is 7.40. The number of rotatable bonds is 2. The molecule has 0 radical (unpaired) electrons. The monoisotopic (exact) mass is 164 g/mol. The Kier molecular flexibility index (Phi) is 1.64. The Balaban J connectivity index is 2.18. The number of anilines is 1. The van der Waals surface area contributed by atoms with Crippen molar-refractivity contribution in [2.45, 2.75) is 25.9 Å². The molecule has 1 aromatic heterocycles. The summed E-state index contributed by atoms with van der Waals surface area (Å²) < 4.78 is 5.59. The van der Waals surface area contributed by atoms with Crippen molar-refractivity contribution < 1.29 is 4.74 Å². The van der Waals surface area contributed by atoms with Crippen LogP contribution in [0.5, 0.6) is 5.75 Å². The largest absolute Gasteiger partial charge is 0.489 e. The SMILES string of the molecule is Cc1nc(N)ccc1OC1CC1. The van der Waals surface area contributed by atoms with E-state index >= 15 is 0 Å². The second kappa shape index (κ2) is 2.66. The first-order chi connectivity index (χ1) is 5.75. The number of nitrogen functional groups attached to an aromatic ring is 1. The molecule has 3 heteroatoms. The zero-order chi connectivity index (χ0) is 8.55. The van der Waals surface area contributed by atoms with Crippen LogP contribution in [0.1, 0.15) is 18.5 Å². The van der Waals surface area contributed by atoms with Gasteiger partial charge >= 0.3 is 0 Å². The van der Waals surface area contributed by atoms with E-state index in [1.807, 2.05) is 13.0 Å². The van der Waals surface area contributed by atoms with E-state index in [2.05, 4.69) is 4.98 Å². The Labute approximate surface area is 71.6 Å². The van der Waals surface area contributed by atoms with Gasteiger partial charge in [0.25, 0.3) is 0 Å². The molecule has 3 nitrogen and oxygen atoms in total. The summed E-state index contributed by atoms with van der Waals surface area (Å²) in [5.41, 5.74) is 6.38. The van der Waals surface area contributed by atoms with Crippen LogP contribution in [0, 0.1) is 6.92 Å². The third kappa shape index (κ3) is 1.49. The van der Waals surface area contributed by atoms with Gasteiger partial charge in [-0.2, -0.15) is 0 Å². The second-order valence-electron chi connectivity index (χ2n) is 3.14. The van der Waals surface area contributed by atoms with E-state index < -0.39 is 0 Å². The van der Waals surface area contributed by atoms with Gasteiger partial charge in [-0.1, -0.05) is 0 Å². The molecule has 0 saturated heterocycles. The quantitative estimate of drug-likeness (QED) is 0.720. The number of hydrogen-bond donors (Lipinski definition) is 1.